The van der Waals surface area contributed by atoms with Gasteiger partial charge in [0.1, 0.15) is 12.4 Å². The average Bonchev–Trinajstić information content (AvgIpc) is 3.40. The third-order valence-electron chi connectivity index (χ3n) is 5.87. The van der Waals surface area contributed by atoms with Crippen LogP contribution < -0.4 is 15.5 Å². The minimum Gasteiger partial charge on any atom is -0.377 e. The molecule has 0 fully saturated rings. The number of rotatable bonds is 8. The summed E-state index contributed by atoms with van der Waals surface area (Å²) >= 11 is 0. The second-order valence-corrected chi connectivity index (χ2v) is 8.23. The first kappa shape index (κ1) is 25.4. The SMILES string of the molecule is CCNC(=NCCCC(=O)N1CCc2ccccc21)NC1CCc2nc(COC)nn2C1.I. The number of aromatic nitrogens is 3. The van der Waals surface area contributed by atoms with Crippen LogP contribution in [0.15, 0.2) is 29.3 Å². The number of carbonyl (C=O) groups is 1. The maximum absolute atomic E-state index is 12.7. The number of halogens is 1. The molecule has 2 N–H and O–H groups in total. The lowest BCUT2D eigenvalue weighted by Crippen LogP contribution is -2.47. The van der Waals surface area contributed by atoms with Gasteiger partial charge in [0.25, 0.3) is 0 Å². The Morgan fingerprint density at radius 3 is 2.97 bits per heavy atom. The van der Waals surface area contributed by atoms with Crippen LogP contribution in [0, 0.1) is 0 Å². The molecule has 4 rings (SSSR count). The lowest BCUT2D eigenvalue weighted by Gasteiger charge is -2.25. The second kappa shape index (κ2) is 12.3. The van der Waals surface area contributed by atoms with E-state index in [0.717, 1.165) is 68.6 Å². The number of guanidine groups is 1. The molecule has 0 saturated carbocycles. The largest absolute Gasteiger partial charge is 0.377 e. The first-order chi connectivity index (χ1) is 15.7. The molecule has 9 nitrogen and oxygen atoms in total. The summed E-state index contributed by atoms with van der Waals surface area (Å²) in [6.45, 7) is 5.42. The van der Waals surface area contributed by atoms with Gasteiger partial charge in [0.2, 0.25) is 5.91 Å². The summed E-state index contributed by atoms with van der Waals surface area (Å²) in [5.74, 6) is 2.71. The molecule has 2 aliphatic heterocycles. The number of amides is 1. The third-order valence-corrected chi connectivity index (χ3v) is 5.87. The fourth-order valence-corrected chi connectivity index (χ4v) is 4.34. The fraction of sp³-hybridized carbons (Fsp3) is 0.565. The first-order valence-corrected chi connectivity index (χ1v) is 11.5. The summed E-state index contributed by atoms with van der Waals surface area (Å²) in [6.07, 6.45) is 4.02. The van der Waals surface area contributed by atoms with E-state index in [4.69, 9.17) is 9.73 Å². The number of carbonyl (C=O) groups excluding carboxylic acids is 1. The van der Waals surface area contributed by atoms with Crippen LogP contribution >= 0.6 is 24.0 Å². The number of aliphatic imine (C=N–C) groups is 1. The average molecular weight is 567 g/mol. The maximum atomic E-state index is 12.7. The third kappa shape index (κ3) is 6.44. The van der Waals surface area contributed by atoms with Crippen LogP contribution in [0.4, 0.5) is 5.69 Å². The molecule has 1 atom stereocenters. The standard InChI is InChI=1S/C23H33N7O2.HI/c1-3-24-23(26-18-10-11-21-27-20(16-32-2)28-30(21)15-18)25-13-6-9-22(31)29-14-12-17-7-4-5-8-19(17)29;/h4-5,7-8,18H,3,6,9-16H2,1-2H3,(H2,24,25,26);1H. The molecule has 0 radical (unpaired) electrons. The molecule has 3 heterocycles. The smallest absolute Gasteiger partial charge is 0.227 e. The van der Waals surface area contributed by atoms with E-state index in [1.807, 2.05) is 27.8 Å². The molecule has 33 heavy (non-hydrogen) atoms. The number of benzene rings is 1. The van der Waals surface area contributed by atoms with E-state index in [1.54, 1.807) is 7.11 Å². The van der Waals surface area contributed by atoms with Crippen LogP contribution in [0.3, 0.4) is 0 Å². The van der Waals surface area contributed by atoms with E-state index >= 15 is 0 Å². The minimum atomic E-state index is 0. The van der Waals surface area contributed by atoms with Gasteiger partial charge in [-0.05, 0) is 37.8 Å². The Morgan fingerprint density at radius 1 is 1.30 bits per heavy atom. The van der Waals surface area contributed by atoms with Gasteiger partial charge in [-0.1, -0.05) is 18.2 Å². The van der Waals surface area contributed by atoms with Gasteiger partial charge in [0.15, 0.2) is 11.8 Å². The lowest BCUT2D eigenvalue weighted by molar-refractivity contribution is -0.118. The Labute approximate surface area is 212 Å². The van der Waals surface area contributed by atoms with Gasteiger partial charge in [-0.15, -0.1) is 24.0 Å². The van der Waals surface area contributed by atoms with Gasteiger partial charge >= 0.3 is 0 Å². The summed E-state index contributed by atoms with van der Waals surface area (Å²) in [5.41, 5.74) is 2.32. The van der Waals surface area contributed by atoms with Gasteiger partial charge in [0, 0.05) is 51.3 Å². The Bertz CT molecular complexity index is 962. The molecule has 1 aromatic carbocycles. The van der Waals surface area contributed by atoms with Gasteiger partial charge in [-0.3, -0.25) is 9.79 Å². The van der Waals surface area contributed by atoms with Crippen molar-refractivity contribution in [3.63, 3.8) is 0 Å². The van der Waals surface area contributed by atoms with Crippen molar-refractivity contribution in [1.82, 2.24) is 25.4 Å². The highest BCUT2D eigenvalue weighted by Gasteiger charge is 2.24. The van der Waals surface area contributed by atoms with E-state index < -0.39 is 0 Å². The van der Waals surface area contributed by atoms with E-state index in [2.05, 4.69) is 33.7 Å². The van der Waals surface area contributed by atoms with E-state index in [9.17, 15) is 4.79 Å². The number of para-hydroxylation sites is 1. The van der Waals surface area contributed by atoms with Crippen molar-refractivity contribution >= 4 is 41.5 Å². The van der Waals surface area contributed by atoms with Crippen molar-refractivity contribution in [3.8, 4) is 0 Å². The van der Waals surface area contributed by atoms with Crippen molar-refractivity contribution < 1.29 is 9.53 Å². The van der Waals surface area contributed by atoms with Crippen molar-refractivity contribution in [1.29, 1.82) is 0 Å². The van der Waals surface area contributed by atoms with Gasteiger partial charge in [-0.2, -0.15) is 5.10 Å². The highest BCUT2D eigenvalue weighted by Crippen LogP contribution is 2.28. The minimum absolute atomic E-state index is 0. The van der Waals surface area contributed by atoms with Crippen LogP contribution in [-0.2, 0) is 35.5 Å². The molecule has 10 heteroatoms. The van der Waals surface area contributed by atoms with Crippen LogP contribution in [-0.4, -0.2) is 59.4 Å². The number of nitrogens with one attached hydrogen (secondary N) is 2. The number of aryl methyl sites for hydroxylation is 1. The van der Waals surface area contributed by atoms with Crippen molar-refractivity contribution in [2.45, 2.75) is 58.2 Å². The molecule has 2 aromatic rings. The summed E-state index contributed by atoms with van der Waals surface area (Å²) in [7, 11) is 1.65. The van der Waals surface area contributed by atoms with E-state index in [-0.39, 0.29) is 35.9 Å². The molecule has 0 saturated heterocycles. The molecule has 0 spiro atoms. The molecule has 0 bridgehead atoms. The second-order valence-electron chi connectivity index (χ2n) is 8.23. The predicted octanol–water partition coefficient (Wildman–Crippen LogP) is 2.28. The number of hydrogen-bond donors (Lipinski definition) is 2. The van der Waals surface area contributed by atoms with E-state index in [0.29, 0.717) is 19.6 Å². The lowest BCUT2D eigenvalue weighted by atomic mass is 10.1. The molecule has 0 aliphatic carbocycles. The van der Waals surface area contributed by atoms with Crippen LogP contribution in [0.1, 0.15) is 43.4 Å². The van der Waals surface area contributed by atoms with Crippen LogP contribution in [0.25, 0.3) is 0 Å². The zero-order valence-electron chi connectivity index (χ0n) is 19.4. The molecule has 1 unspecified atom stereocenters. The molecule has 1 amide bonds. The fourth-order valence-electron chi connectivity index (χ4n) is 4.34. The van der Waals surface area contributed by atoms with Crippen LogP contribution in [0.2, 0.25) is 0 Å². The van der Waals surface area contributed by atoms with Crippen molar-refractivity contribution in [2.75, 3.05) is 31.6 Å². The van der Waals surface area contributed by atoms with Crippen molar-refractivity contribution in [2.24, 2.45) is 4.99 Å². The normalized spacial score (nSPS) is 17.2. The highest BCUT2D eigenvalue weighted by molar-refractivity contribution is 14.0. The number of hydrogen-bond acceptors (Lipinski definition) is 5. The number of ether oxygens (including phenoxy) is 1. The number of fused-ring (bicyclic) bond motifs is 2. The molecule has 1 aromatic heterocycles. The van der Waals surface area contributed by atoms with Gasteiger partial charge in [0.05, 0.1) is 6.54 Å². The Balaban J connectivity index is 0.00000306. The molecule has 180 valence electrons. The zero-order chi connectivity index (χ0) is 22.3. The first-order valence-electron chi connectivity index (χ1n) is 11.5. The topological polar surface area (TPSA) is 96.7 Å². The summed E-state index contributed by atoms with van der Waals surface area (Å²) in [5, 5.41) is 11.4. The number of anilines is 1. The molecule has 2 aliphatic rings. The monoisotopic (exact) mass is 567 g/mol. The number of nitrogens with zero attached hydrogens (tertiary/aromatic N) is 5. The Kier molecular flexibility index (Phi) is 9.48. The van der Waals surface area contributed by atoms with Gasteiger partial charge < -0.3 is 20.3 Å². The molecular formula is C23H34IN7O2. The Morgan fingerprint density at radius 2 is 2.15 bits per heavy atom. The summed E-state index contributed by atoms with van der Waals surface area (Å²) in [6, 6.07) is 8.40. The van der Waals surface area contributed by atoms with Gasteiger partial charge in [-0.25, -0.2) is 9.67 Å². The predicted molar refractivity (Wildman–Crippen MR) is 139 cm³/mol. The van der Waals surface area contributed by atoms with E-state index in [1.165, 1.54) is 5.56 Å². The summed E-state index contributed by atoms with van der Waals surface area (Å²) in [4.78, 5) is 23.8. The van der Waals surface area contributed by atoms with Crippen molar-refractivity contribution in [3.05, 3.63) is 41.5 Å². The van der Waals surface area contributed by atoms with Crippen LogP contribution in [0.5, 0.6) is 0 Å². The number of methoxy groups -OCH3 is 1. The quantitative estimate of drug-likeness (QED) is 0.220. The highest BCUT2D eigenvalue weighted by atomic mass is 127. The summed E-state index contributed by atoms with van der Waals surface area (Å²) < 4.78 is 7.10. The Hall–Kier alpha value is -2.21. The zero-order valence-corrected chi connectivity index (χ0v) is 21.7. The molecular weight excluding hydrogens is 533 g/mol. The maximum Gasteiger partial charge on any atom is 0.227 e.